The zero-order valence-corrected chi connectivity index (χ0v) is 12.0. The summed E-state index contributed by atoms with van der Waals surface area (Å²) in [5, 5.41) is 3.21. The predicted octanol–water partition coefficient (Wildman–Crippen LogP) is 2.66. The second-order valence-electron chi connectivity index (χ2n) is 4.69. The highest BCUT2D eigenvalue weighted by molar-refractivity contribution is 6.30. The second-order valence-corrected chi connectivity index (χ2v) is 5.12. The summed E-state index contributed by atoms with van der Waals surface area (Å²) in [6.07, 6.45) is 0. The second kappa shape index (κ2) is 7.14. The summed E-state index contributed by atoms with van der Waals surface area (Å²) >= 11 is 5.77. The third-order valence-electron chi connectivity index (χ3n) is 2.78. The topological polar surface area (TPSA) is 55.4 Å². The first-order chi connectivity index (χ1) is 8.90. The standard InChI is InChI=1S/C14H18ClNO3/c1-9(2)10(3)16-13(17)8-19-14(18)11-5-4-6-12(15)7-11/h4-7,9-10H,8H2,1-3H3,(H,16,17)/t10-/m0/s1. The van der Waals surface area contributed by atoms with E-state index in [0.717, 1.165) is 0 Å². The molecule has 4 nitrogen and oxygen atoms in total. The number of carbonyl (C=O) groups excluding carboxylic acids is 2. The Morgan fingerprint density at radius 1 is 1.32 bits per heavy atom. The lowest BCUT2D eigenvalue weighted by Gasteiger charge is -2.17. The molecule has 0 aromatic heterocycles. The molecule has 0 spiro atoms. The number of rotatable bonds is 5. The van der Waals surface area contributed by atoms with E-state index in [4.69, 9.17) is 16.3 Å². The molecular formula is C14H18ClNO3. The minimum absolute atomic E-state index is 0.0392. The minimum atomic E-state index is -0.560. The van der Waals surface area contributed by atoms with Crippen molar-refractivity contribution < 1.29 is 14.3 Å². The fourth-order valence-electron chi connectivity index (χ4n) is 1.29. The molecule has 1 aromatic rings. The van der Waals surface area contributed by atoms with Gasteiger partial charge >= 0.3 is 5.97 Å². The number of carbonyl (C=O) groups is 2. The van der Waals surface area contributed by atoms with Crippen molar-refractivity contribution in [2.75, 3.05) is 6.61 Å². The Bertz CT molecular complexity index is 460. The quantitative estimate of drug-likeness (QED) is 0.845. The first-order valence-electron chi connectivity index (χ1n) is 6.12. The zero-order chi connectivity index (χ0) is 14.4. The normalized spacial score (nSPS) is 12.1. The fourth-order valence-corrected chi connectivity index (χ4v) is 1.48. The van der Waals surface area contributed by atoms with Gasteiger partial charge in [0, 0.05) is 11.1 Å². The fraction of sp³-hybridized carbons (Fsp3) is 0.429. The molecule has 0 aliphatic rings. The average Bonchev–Trinajstić information content (AvgIpc) is 2.35. The minimum Gasteiger partial charge on any atom is -0.452 e. The summed E-state index contributed by atoms with van der Waals surface area (Å²) in [6.45, 7) is 5.62. The predicted molar refractivity (Wildman–Crippen MR) is 74.2 cm³/mol. The number of benzene rings is 1. The Morgan fingerprint density at radius 2 is 2.00 bits per heavy atom. The van der Waals surface area contributed by atoms with E-state index in [1.54, 1.807) is 18.2 Å². The maximum absolute atomic E-state index is 11.7. The van der Waals surface area contributed by atoms with Gasteiger partial charge in [0.2, 0.25) is 0 Å². The van der Waals surface area contributed by atoms with E-state index in [0.29, 0.717) is 16.5 Å². The third-order valence-corrected chi connectivity index (χ3v) is 3.02. The van der Waals surface area contributed by atoms with Crippen LogP contribution in [0.5, 0.6) is 0 Å². The van der Waals surface area contributed by atoms with Crippen LogP contribution in [0.2, 0.25) is 5.02 Å². The van der Waals surface area contributed by atoms with Gasteiger partial charge in [-0.3, -0.25) is 4.79 Å². The van der Waals surface area contributed by atoms with Gasteiger partial charge < -0.3 is 10.1 Å². The van der Waals surface area contributed by atoms with Gasteiger partial charge in [-0.2, -0.15) is 0 Å². The third kappa shape index (κ3) is 5.30. The molecule has 0 saturated carbocycles. The average molecular weight is 284 g/mol. The van der Waals surface area contributed by atoms with Crippen molar-refractivity contribution in [3.8, 4) is 0 Å². The molecule has 0 radical (unpaired) electrons. The van der Waals surface area contributed by atoms with Gasteiger partial charge in [0.1, 0.15) is 0 Å². The van der Waals surface area contributed by atoms with Crippen LogP contribution in [-0.4, -0.2) is 24.5 Å². The molecule has 1 aromatic carbocycles. The Morgan fingerprint density at radius 3 is 2.58 bits per heavy atom. The molecule has 1 atom stereocenters. The molecule has 0 bridgehead atoms. The maximum atomic E-state index is 11.7. The molecule has 0 heterocycles. The van der Waals surface area contributed by atoms with E-state index in [1.165, 1.54) is 6.07 Å². The summed E-state index contributed by atoms with van der Waals surface area (Å²) in [6, 6.07) is 6.44. The van der Waals surface area contributed by atoms with Gasteiger partial charge in [-0.15, -0.1) is 0 Å². The van der Waals surface area contributed by atoms with E-state index < -0.39 is 5.97 Å². The molecule has 1 N–H and O–H groups in total. The van der Waals surface area contributed by atoms with E-state index in [9.17, 15) is 9.59 Å². The van der Waals surface area contributed by atoms with Gasteiger partial charge in [-0.25, -0.2) is 4.79 Å². The highest BCUT2D eigenvalue weighted by Crippen LogP contribution is 2.11. The van der Waals surface area contributed by atoms with Crippen LogP contribution in [0.4, 0.5) is 0 Å². The van der Waals surface area contributed by atoms with Crippen LogP contribution in [0.25, 0.3) is 0 Å². The summed E-state index contributed by atoms with van der Waals surface area (Å²) in [5.41, 5.74) is 0.331. The van der Waals surface area contributed by atoms with Crippen LogP contribution in [-0.2, 0) is 9.53 Å². The first-order valence-corrected chi connectivity index (χ1v) is 6.50. The van der Waals surface area contributed by atoms with Crippen molar-refractivity contribution in [1.82, 2.24) is 5.32 Å². The van der Waals surface area contributed by atoms with Crippen molar-refractivity contribution >= 4 is 23.5 Å². The number of nitrogens with one attached hydrogen (secondary N) is 1. The Kier molecular flexibility index (Phi) is 5.83. The lowest BCUT2D eigenvalue weighted by atomic mass is 10.1. The number of amides is 1. The number of hydrogen-bond acceptors (Lipinski definition) is 3. The monoisotopic (exact) mass is 283 g/mol. The van der Waals surface area contributed by atoms with Crippen LogP contribution in [0, 0.1) is 5.92 Å². The van der Waals surface area contributed by atoms with Crippen molar-refractivity contribution in [3.63, 3.8) is 0 Å². The maximum Gasteiger partial charge on any atom is 0.338 e. The highest BCUT2D eigenvalue weighted by atomic mass is 35.5. The lowest BCUT2D eigenvalue weighted by molar-refractivity contribution is -0.125. The van der Waals surface area contributed by atoms with Gasteiger partial charge in [0.25, 0.3) is 5.91 Å². The van der Waals surface area contributed by atoms with Crippen LogP contribution in [0.1, 0.15) is 31.1 Å². The molecular weight excluding hydrogens is 266 g/mol. The summed E-state index contributed by atoms with van der Waals surface area (Å²) < 4.78 is 4.92. The number of ether oxygens (including phenoxy) is 1. The SMILES string of the molecule is CC(C)[C@H](C)NC(=O)COC(=O)c1cccc(Cl)c1. The van der Waals surface area contributed by atoms with Crippen LogP contribution in [0.3, 0.4) is 0 Å². The van der Waals surface area contributed by atoms with E-state index in [2.05, 4.69) is 5.32 Å². The van der Waals surface area contributed by atoms with Gasteiger partial charge in [0.15, 0.2) is 6.61 Å². The summed E-state index contributed by atoms with van der Waals surface area (Å²) in [4.78, 5) is 23.2. The molecule has 5 heteroatoms. The molecule has 1 amide bonds. The van der Waals surface area contributed by atoms with Gasteiger partial charge in [-0.1, -0.05) is 31.5 Å². The van der Waals surface area contributed by atoms with Crippen molar-refractivity contribution in [2.24, 2.45) is 5.92 Å². The number of halogens is 1. The van der Waals surface area contributed by atoms with Crippen LogP contribution >= 0.6 is 11.6 Å². The Labute approximate surface area is 118 Å². The molecule has 0 saturated heterocycles. The Hall–Kier alpha value is -1.55. The summed E-state index contributed by atoms with van der Waals surface area (Å²) in [5.74, 6) is -0.543. The smallest absolute Gasteiger partial charge is 0.338 e. The van der Waals surface area contributed by atoms with E-state index in [1.807, 2.05) is 20.8 Å². The molecule has 104 valence electrons. The highest BCUT2D eigenvalue weighted by Gasteiger charge is 2.13. The van der Waals surface area contributed by atoms with Gasteiger partial charge in [0.05, 0.1) is 5.56 Å². The van der Waals surface area contributed by atoms with E-state index in [-0.39, 0.29) is 18.6 Å². The first kappa shape index (κ1) is 15.5. The van der Waals surface area contributed by atoms with Crippen molar-refractivity contribution in [3.05, 3.63) is 34.9 Å². The van der Waals surface area contributed by atoms with Gasteiger partial charge in [-0.05, 0) is 31.0 Å². The number of esters is 1. The molecule has 0 aliphatic carbocycles. The van der Waals surface area contributed by atoms with E-state index >= 15 is 0 Å². The molecule has 1 rings (SSSR count). The molecule has 0 aliphatic heterocycles. The summed E-state index contributed by atoms with van der Waals surface area (Å²) in [7, 11) is 0. The van der Waals surface area contributed by atoms with Crippen LogP contribution in [0.15, 0.2) is 24.3 Å². The molecule has 0 unspecified atom stereocenters. The number of hydrogen-bond donors (Lipinski definition) is 1. The molecule has 0 fully saturated rings. The largest absolute Gasteiger partial charge is 0.452 e. The zero-order valence-electron chi connectivity index (χ0n) is 11.3. The van der Waals surface area contributed by atoms with Crippen molar-refractivity contribution in [2.45, 2.75) is 26.8 Å². The van der Waals surface area contributed by atoms with Crippen LogP contribution < -0.4 is 5.32 Å². The lowest BCUT2D eigenvalue weighted by Crippen LogP contribution is -2.38. The Balaban J connectivity index is 2.44. The van der Waals surface area contributed by atoms with Crippen molar-refractivity contribution in [1.29, 1.82) is 0 Å². The molecule has 19 heavy (non-hydrogen) atoms.